The monoisotopic (exact) mass is 386 g/mol. The van der Waals surface area contributed by atoms with E-state index in [4.69, 9.17) is 11.6 Å². The highest BCUT2D eigenvalue weighted by atomic mass is 35.5. The van der Waals surface area contributed by atoms with E-state index in [-0.39, 0.29) is 30.3 Å². The summed E-state index contributed by atoms with van der Waals surface area (Å²) in [6.45, 7) is 4.10. The summed E-state index contributed by atoms with van der Waals surface area (Å²) in [6, 6.07) is 7.05. The second kappa shape index (κ2) is 9.38. The molecule has 3 rings (SSSR count). The van der Waals surface area contributed by atoms with E-state index in [1.807, 2.05) is 4.90 Å². The molecule has 2 N–H and O–H groups in total. The Labute approximate surface area is 159 Å². The predicted molar refractivity (Wildman–Crippen MR) is 101 cm³/mol. The van der Waals surface area contributed by atoms with Gasteiger partial charge in [0.1, 0.15) is 0 Å². The lowest BCUT2D eigenvalue weighted by Gasteiger charge is -2.35. The molecule has 2 heterocycles. The molecule has 138 valence electrons. The minimum Gasteiger partial charge on any atom is -0.339 e. The van der Waals surface area contributed by atoms with Gasteiger partial charge in [-0.3, -0.25) is 14.5 Å². The molecule has 0 aliphatic carbocycles. The molecular formula is C17H24Cl2N4O2. The molecule has 1 atom stereocenters. The van der Waals surface area contributed by atoms with Gasteiger partial charge in [-0.2, -0.15) is 0 Å². The Kier molecular flexibility index (Phi) is 7.50. The van der Waals surface area contributed by atoms with E-state index in [1.165, 1.54) is 0 Å². The lowest BCUT2D eigenvalue weighted by atomic mass is 10.2. The number of nitrogens with one attached hydrogen (secondary N) is 2. The maximum absolute atomic E-state index is 12.4. The molecule has 0 radical (unpaired) electrons. The summed E-state index contributed by atoms with van der Waals surface area (Å²) < 4.78 is 0. The molecule has 1 unspecified atom stereocenters. The number of benzene rings is 1. The highest BCUT2D eigenvalue weighted by molar-refractivity contribution is 6.30. The average Bonchev–Trinajstić information content (AvgIpc) is 3.11. The second-order valence-corrected chi connectivity index (χ2v) is 6.74. The van der Waals surface area contributed by atoms with Crippen LogP contribution in [0.25, 0.3) is 0 Å². The normalized spacial score (nSPS) is 20.8. The van der Waals surface area contributed by atoms with Crippen molar-refractivity contribution in [3.05, 3.63) is 29.3 Å². The Morgan fingerprint density at radius 1 is 1.16 bits per heavy atom. The number of hydrogen-bond donors (Lipinski definition) is 2. The third kappa shape index (κ3) is 5.57. The van der Waals surface area contributed by atoms with Crippen molar-refractivity contribution in [2.24, 2.45) is 0 Å². The van der Waals surface area contributed by atoms with E-state index in [2.05, 4.69) is 15.5 Å². The molecule has 1 aromatic rings. The largest absolute Gasteiger partial charge is 0.339 e. The van der Waals surface area contributed by atoms with Gasteiger partial charge < -0.3 is 15.5 Å². The van der Waals surface area contributed by atoms with Crippen molar-refractivity contribution in [1.82, 2.24) is 15.1 Å². The van der Waals surface area contributed by atoms with Gasteiger partial charge in [0.2, 0.25) is 11.8 Å². The number of amides is 2. The van der Waals surface area contributed by atoms with E-state index in [9.17, 15) is 9.59 Å². The fourth-order valence-corrected chi connectivity index (χ4v) is 3.30. The van der Waals surface area contributed by atoms with E-state index in [1.54, 1.807) is 24.3 Å². The van der Waals surface area contributed by atoms with Crippen molar-refractivity contribution in [3.8, 4) is 0 Å². The molecule has 2 aliphatic heterocycles. The lowest BCUT2D eigenvalue weighted by Crippen LogP contribution is -2.54. The number of carbonyl (C=O) groups excluding carboxylic acids is 2. The van der Waals surface area contributed by atoms with E-state index in [0.717, 1.165) is 38.2 Å². The smallest absolute Gasteiger partial charge is 0.239 e. The minimum absolute atomic E-state index is 0. The maximum Gasteiger partial charge on any atom is 0.239 e. The van der Waals surface area contributed by atoms with Crippen LogP contribution in [0.3, 0.4) is 0 Å². The highest BCUT2D eigenvalue weighted by Gasteiger charge is 2.29. The van der Waals surface area contributed by atoms with Crippen LogP contribution >= 0.6 is 24.0 Å². The number of piperazine rings is 1. The molecular weight excluding hydrogens is 363 g/mol. The van der Waals surface area contributed by atoms with Gasteiger partial charge in [0, 0.05) is 36.9 Å². The summed E-state index contributed by atoms with van der Waals surface area (Å²) in [5.41, 5.74) is 0.741. The summed E-state index contributed by atoms with van der Waals surface area (Å²) in [5.74, 6) is 0.160. The number of anilines is 1. The minimum atomic E-state index is -0.0467. The van der Waals surface area contributed by atoms with Gasteiger partial charge in [-0.05, 0) is 43.7 Å². The maximum atomic E-state index is 12.4. The zero-order chi connectivity index (χ0) is 16.9. The molecule has 2 aliphatic rings. The first-order valence-corrected chi connectivity index (χ1v) is 8.79. The molecule has 0 bridgehead atoms. The summed E-state index contributed by atoms with van der Waals surface area (Å²) in [5, 5.41) is 6.76. The van der Waals surface area contributed by atoms with Gasteiger partial charge >= 0.3 is 0 Å². The second-order valence-electron chi connectivity index (χ2n) is 6.31. The van der Waals surface area contributed by atoms with Crippen molar-refractivity contribution >= 4 is 41.5 Å². The Hall–Kier alpha value is -1.34. The van der Waals surface area contributed by atoms with E-state index < -0.39 is 0 Å². The van der Waals surface area contributed by atoms with Gasteiger partial charge in [-0.15, -0.1) is 12.4 Å². The highest BCUT2D eigenvalue weighted by Crippen LogP contribution is 2.14. The van der Waals surface area contributed by atoms with Crippen molar-refractivity contribution < 1.29 is 9.59 Å². The SMILES string of the molecule is Cl.O=C(CN1CCN(C(=O)C2CCCN2)CC1)Nc1ccc(Cl)cc1. The first kappa shape index (κ1) is 20.0. The van der Waals surface area contributed by atoms with Crippen LogP contribution in [0.15, 0.2) is 24.3 Å². The quantitative estimate of drug-likeness (QED) is 0.824. The molecule has 0 spiro atoms. The molecule has 1 aromatic carbocycles. The van der Waals surface area contributed by atoms with Crippen LogP contribution in [0.2, 0.25) is 5.02 Å². The van der Waals surface area contributed by atoms with Gasteiger partial charge in [-0.1, -0.05) is 11.6 Å². The number of halogens is 2. The third-order valence-corrected chi connectivity index (χ3v) is 4.79. The molecule has 2 fully saturated rings. The first-order valence-electron chi connectivity index (χ1n) is 8.42. The van der Waals surface area contributed by atoms with Crippen LogP contribution in [0, 0.1) is 0 Å². The zero-order valence-electron chi connectivity index (χ0n) is 14.0. The lowest BCUT2D eigenvalue weighted by molar-refractivity contribution is -0.135. The van der Waals surface area contributed by atoms with Crippen LogP contribution < -0.4 is 10.6 Å². The van der Waals surface area contributed by atoms with E-state index in [0.29, 0.717) is 24.7 Å². The molecule has 2 saturated heterocycles. The first-order chi connectivity index (χ1) is 11.6. The summed E-state index contributed by atoms with van der Waals surface area (Å²) in [7, 11) is 0. The van der Waals surface area contributed by atoms with Gasteiger partial charge in [0.05, 0.1) is 12.6 Å². The van der Waals surface area contributed by atoms with Crippen LogP contribution in [-0.4, -0.2) is 66.9 Å². The standard InChI is InChI=1S/C17H23ClN4O2.ClH/c18-13-3-5-14(6-4-13)20-16(23)12-21-8-10-22(11-9-21)17(24)15-2-1-7-19-15;/h3-6,15,19H,1-2,7-12H2,(H,20,23);1H. The Morgan fingerprint density at radius 2 is 1.84 bits per heavy atom. The van der Waals surface area contributed by atoms with Crippen LogP contribution in [0.5, 0.6) is 0 Å². The summed E-state index contributed by atoms with van der Waals surface area (Å²) in [6.07, 6.45) is 2.00. The van der Waals surface area contributed by atoms with Gasteiger partial charge in [0.25, 0.3) is 0 Å². The summed E-state index contributed by atoms with van der Waals surface area (Å²) in [4.78, 5) is 28.5. The number of rotatable bonds is 4. The number of nitrogens with zero attached hydrogens (tertiary/aromatic N) is 2. The third-order valence-electron chi connectivity index (χ3n) is 4.54. The summed E-state index contributed by atoms with van der Waals surface area (Å²) >= 11 is 5.83. The van der Waals surface area contributed by atoms with Crippen LogP contribution in [0.1, 0.15) is 12.8 Å². The molecule has 8 heteroatoms. The molecule has 6 nitrogen and oxygen atoms in total. The number of carbonyl (C=O) groups is 2. The van der Waals surface area contributed by atoms with Crippen molar-refractivity contribution in [2.75, 3.05) is 44.6 Å². The molecule has 0 saturated carbocycles. The van der Waals surface area contributed by atoms with Crippen LogP contribution in [0.4, 0.5) is 5.69 Å². The molecule has 25 heavy (non-hydrogen) atoms. The van der Waals surface area contributed by atoms with Crippen molar-refractivity contribution in [1.29, 1.82) is 0 Å². The predicted octanol–water partition coefficient (Wildman–Crippen LogP) is 1.60. The van der Waals surface area contributed by atoms with Crippen molar-refractivity contribution in [2.45, 2.75) is 18.9 Å². The van der Waals surface area contributed by atoms with Gasteiger partial charge in [-0.25, -0.2) is 0 Å². The van der Waals surface area contributed by atoms with Crippen molar-refractivity contribution in [3.63, 3.8) is 0 Å². The topological polar surface area (TPSA) is 64.7 Å². The Bertz CT molecular complexity index is 583. The average molecular weight is 387 g/mol. The Morgan fingerprint density at radius 3 is 2.44 bits per heavy atom. The fraction of sp³-hybridized carbons (Fsp3) is 0.529. The Balaban J connectivity index is 0.00000225. The fourth-order valence-electron chi connectivity index (χ4n) is 3.18. The number of hydrogen-bond acceptors (Lipinski definition) is 4. The van der Waals surface area contributed by atoms with E-state index >= 15 is 0 Å². The van der Waals surface area contributed by atoms with Gasteiger partial charge in [0.15, 0.2) is 0 Å². The van der Waals surface area contributed by atoms with Crippen LogP contribution in [-0.2, 0) is 9.59 Å². The molecule has 0 aromatic heterocycles. The zero-order valence-corrected chi connectivity index (χ0v) is 15.6. The molecule has 2 amide bonds.